The predicted octanol–water partition coefficient (Wildman–Crippen LogP) is 3.77. The molecular weight excluding hydrogens is 156 g/mol. The van der Waals surface area contributed by atoms with Crippen LogP contribution in [0.1, 0.15) is 27.2 Å². The van der Waals surface area contributed by atoms with Crippen LogP contribution in [0.15, 0.2) is 24.3 Å². The number of allylic oxidation sites excluding steroid dienone is 3. The molecule has 0 saturated heterocycles. The predicted molar refractivity (Wildman–Crippen MR) is 53.1 cm³/mol. The van der Waals surface area contributed by atoms with Gasteiger partial charge in [0.25, 0.3) is 0 Å². The summed E-state index contributed by atoms with van der Waals surface area (Å²) in [6.45, 7) is 10.1. The molecule has 1 heteroatoms. The first kappa shape index (κ1) is 10.8. The molecule has 0 radical (unpaired) electrons. The molecule has 64 valence electrons. The van der Waals surface area contributed by atoms with E-state index in [4.69, 9.17) is 11.6 Å². The zero-order valence-electron chi connectivity index (χ0n) is 7.60. The fourth-order valence-electron chi connectivity index (χ4n) is 1.04. The van der Waals surface area contributed by atoms with Gasteiger partial charge in [0.15, 0.2) is 0 Å². The summed E-state index contributed by atoms with van der Waals surface area (Å²) < 4.78 is 0. The van der Waals surface area contributed by atoms with E-state index in [9.17, 15) is 0 Å². The highest BCUT2D eigenvalue weighted by Crippen LogP contribution is 2.20. The zero-order chi connectivity index (χ0) is 8.85. The van der Waals surface area contributed by atoms with E-state index in [2.05, 4.69) is 33.4 Å². The van der Waals surface area contributed by atoms with Gasteiger partial charge in [0, 0.05) is 0 Å². The van der Waals surface area contributed by atoms with Crippen LogP contribution >= 0.6 is 11.6 Å². The van der Waals surface area contributed by atoms with Gasteiger partial charge < -0.3 is 0 Å². The molecule has 0 aromatic carbocycles. The molecule has 11 heavy (non-hydrogen) atoms. The van der Waals surface area contributed by atoms with Crippen molar-refractivity contribution in [3.05, 3.63) is 24.3 Å². The molecule has 0 amide bonds. The molecule has 0 aliphatic heterocycles. The molecule has 0 bridgehead atoms. The van der Waals surface area contributed by atoms with Crippen LogP contribution in [0.2, 0.25) is 0 Å². The standard InChI is InChI=1S/C10H17Cl/c1-5-7-9(8(3)4)10(11)6-2/h6-8,10H,2,5H2,1,3-4H3/b9-7-. The van der Waals surface area contributed by atoms with Crippen molar-refractivity contribution in [2.24, 2.45) is 5.92 Å². The average molecular weight is 173 g/mol. The molecule has 0 spiro atoms. The lowest BCUT2D eigenvalue weighted by Crippen LogP contribution is -2.05. The summed E-state index contributed by atoms with van der Waals surface area (Å²) in [6, 6.07) is 0. The molecular formula is C10H17Cl. The summed E-state index contributed by atoms with van der Waals surface area (Å²) in [7, 11) is 0. The van der Waals surface area contributed by atoms with Crippen LogP contribution in [0, 0.1) is 5.92 Å². The summed E-state index contributed by atoms with van der Waals surface area (Å²) in [5.41, 5.74) is 1.28. The Morgan fingerprint density at radius 1 is 1.55 bits per heavy atom. The zero-order valence-corrected chi connectivity index (χ0v) is 8.36. The Morgan fingerprint density at radius 3 is 2.36 bits per heavy atom. The van der Waals surface area contributed by atoms with Gasteiger partial charge in [0.2, 0.25) is 0 Å². The summed E-state index contributed by atoms with van der Waals surface area (Å²) in [4.78, 5) is 0. The summed E-state index contributed by atoms with van der Waals surface area (Å²) in [5, 5.41) is 0.00921. The van der Waals surface area contributed by atoms with Gasteiger partial charge in [-0.3, -0.25) is 0 Å². The van der Waals surface area contributed by atoms with E-state index < -0.39 is 0 Å². The van der Waals surface area contributed by atoms with E-state index in [1.807, 2.05) is 0 Å². The number of halogens is 1. The van der Waals surface area contributed by atoms with Crippen molar-refractivity contribution >= 4 is 11.6 Å². The van der Waals surface area contributed by atoms with Gasteiger partial charge >= 0.3 is 0 Å². The monoisotopic (exact) mass is 172 g/mol. The Hall–Kier alpha value is -0.230. The Labute approximate surface area is 74.9 Å². The normalized spacial score (nSPS) is 15.2. The van der Waals surface area contributed by atoms with Crippen molar-refractivity contribution in [2.75, 3.05) is 0 Å². The van der Waals surface area contributed by atoms with E-state index in [-0.39, 0.29) is 5.38 Å². The lowest BCUT2D eigenvalue weighted by Gasteiger charge is -2.13. The topological polar surface area (TPSA) is 0 Å². The first-order valence-corrected chi connectivity index (χ1v) is 4.53. The molecule has 0 aliphatic rings. The quantitative estimate of drug-likeness (QED) is 0.448. The molecule has 0 fully saturated rings. The lowest BCUT2D eigenvalue weighted by atomic mass is 9.99. The van der Waals surface area contributed by atoms with Crippen molar-refractivity contribution in [3.8, 4) is 0 Å². The maximum absolute atomic E-state index is 6.02. The highest BCUT2D eigenvalue weighted by atomic mass is 35.5. The van der Waals surface area contributed by atoms with E-state index in [0.29, 0.717) is 5.92 Å². The van der Waals surface area contributed by atoms with Gasteiger partial charge in [-0.05, 0) is 12.3 Å². The minimum Gasteiger partial charge on any atom is -0.114 e. The molecule has 0 N–H and O–H groups in total. The Bertz CT molecular complexity index is 145. The first-order chi connectivity index (χ1) is 5.13. The number of hydrogen-bond acceptors (Lipinski definition) is 0. The van der Waals surface area contributed by atoms with Gasteiger partial charge in [-0.25, -0.2) is 0 Å². The minimum absolute atomic E-state index is 0.00921. The van der Waals surface area contributed by atoms with Crippen LogP contribution in [-0.2, 0) is 0 Å². The van der Waals surface area contributed by atoms with Gasteiger partial charge in [-0.2, -0.15) is 0 Å². The molecule has 0 nitrogen and oxygen atoms in total. The van der Waals surface area contributed by atoms with E-state index >= 15 is 0 Å². The SMILES string of the molecule is C=CC(Cl)/C(=C\CC)C(C)C. The molecule has 1 unspecified atom stereocenters. The van der Waals surface area contributed by atoms with Crippen molar-refractivity contribution in [2.45, 2.75) is 32.6 Å². The van der Waals surface area contributed by atoms with Crippen LogP contribution in [0.4, 0.5) is 0 Å². The molecule has 1 atom stereocenters. The summed E-state index contributed by atoms with van der Waals surface area (Å²) >= 11 is 6.02. The number of rotatable bonds is 4. The number of hydrogen-bond donors (Lipinski definition) is 0. The van der Waals surface area contributed by atoms with Gasteiger partial charge in [-0.15, -0.1) is 18.2 Å². The maximum atomic E-state index is 6.02. The van der Waals surface area contributed by atoms with Crippen molar-refractivity contribution < 1.29 is 0 Å². The third kappa shape index (κ3) is 3.62. The second kappa shape index (κ2) is 5.42. The largest absolute Gasteiger partial charge is 0.114 e. The molecule has 0 heterocycles. The van der Waals surface area contributed by atoms with Crippen molar-refractivity contribution in [3.63, 3.8) is 0 Å². The smallest absolute Gasteiger partial charge is 0.0726 e. The second-order valence-electron chi connectivity index (χ2n) is 2.90. The molecule has 0 rings (SSSR count). The fourth-order valence-corrected chi connectivity index (χ4v) is 1.38. The lowest BCUT2D eigenvalue weighted by molar-refractivity contribution is 0.743. The van der Waals surface area contributed by atoms with Gasteiger partial charge in [0.05, 0.1) is 5.38 Å². The van der Waals surface area contributed by atoms with Crippen LogP contribution in [0.3, 0.4) is 0 Å². The third-order valence-corrected chi connectivity index (χ3v) is 2.06. The first-order valence-electron chi connectivity index (χ1n) is 4.10. The molecule has 0 aromatic rings. The van der Waals surface area contributed by atoms with E-state index in [1.165, 1.54) is 5.57 Å². The van der Waals surface area contributed by atoms with Crippen LogP contribution < -0.4 is 0 Å². The Kier molecular flexibility index (Phi) is 5.31. The molecule has 0 aromatic heterocycles. The van der Waals surface area contributed by atoms with E-state index in [1.54, 1.807) is 6.08 Å². The highest BCUT2D eigenvalue weighted by Gasteiger charge is 2.09. The van der Waals surface area contributed by atoms with E-state index in [0.717, 1.165) is 6.42 Å². The van der Waals surface area contributed by atoms with Gasteiger partial charge in [0.1, 0.15) is 0 Å². The maximum Gasteiger partial charge on any atom is 0.0726 e. The fraction of sp³-hybridized carbons (Fsp3) is 0.600. The molecule has 0 aliphatic carbocycles. The van der Waals surface area contributed by atoms with Crippen molar-refractivity contribution in [1.82, 2.24) is 0 Å². The summed E-state index contributed by atoms with van der Waals surface area (Å²) in [6.07, 6.45) is 5.01. The van der Waals surface area contributed by atoms with Crippen molar-refractivity contribution in [1.29, 1.82) is 0 Å². The Morgan fingerprint density at radius 2 is 2.09 bits per heavy atom. The van der Waals surface area contributed by atoms with Gasteiger partial charge in [-0.1, -0.05) is 38.5 Å². The van der Waals surface area contributed by atoms with Crippen LogP contribution in [0.5, 0.6) is 0 Å². The Balaban J connectivity index is 4.33. The third-order valence-electron chi connectivity index (χ3n) is 1.63. The second-order valence-corrected chi connectivity index (χ2v) is 3.37. The minimum atomic E-state index is 0.00921. The van der Waals surface area contributed by atoms with Crippen LogP contribution in [0.25, 0.3) is 0 Å². The highest BCUT2D eigenvalue weighted by molar-refractivity contribution is 6.23. The van der Waals surface area contributed by atoms with Crippen LogP contribution in [-0.4, -0.2) is 5.38 Å². The molecule has 0 saturated carbocycles. The average Bonchev–Trinajstić information content (AvgIpc) is 1.98. The summed E-state index contributed by atoms with van der Waals surface area (Å²) in [5.74, 6) is 0.524. The number of alkyl halides is 1.